The lowest BCUT2D eigenvalue weighted by Gasteiger charge is -2.58. The number of carbonyl (C=O) groups is 1. The Balaban J connectivity index is 1.74. The van der Waals surface area contributed by atoms with Gasteiger partial charge < -0.3 is 9.84 Å². The van der Waals surface area contributed by atoms with E-state index in [-0.39, 0.29) is 22.7 Å². The molecule has 7 atom stereocenters. The van der Waals surface area contributed by atoms with Crippen molar-refractivity contribution >= 4 is 5.78 Å². The molecule has 1 N–H and O–H groups in total. The maximum Gasteiger partial charge on any atom is 0.178 e. The van der Waals surface area contributed by atoms with Crippen LogP contribution in [0.3, 0.4) is 0 Å². The van der Waals surface area contributed by atoms with E-state index in [1.165, 1.54) is 5.57 Å². The lowest BCUT2D eigenvalue weighted by molar-refractivity contribution is -0.111. The molecular weight excluding hydrogens is 300 g/mol. The molecule has 4 aliphatic carbocycles. The van der Waals surface area contributed by atoms with E-state index in [2.05, 4.69) is 19.9 Å². The van der Waals surface area contributed by atoms with Gasteiger partial charge >= 0.3 is 0 Å². The van der Waals surface area contributed by atoms with Crippen molar-refractivity contribution < 1.29 is 14.6 Å². The van der Waals surface area contributed by atoms with Crippen LogP contribution in [-0.4, -0.2) is 30.7 Å². The van der Waals surface area contributed by atoms with Crippen LogP contribution in [-0.2, 0) is 9.53 Å². The first-order chi connectivity index (χ1) is 11.4. The number of methoxy groups -OCH3 is 1. The van der Waals surface area contributed by atoms with Crippen molar-refractivity contribution in [1.29, 1.82) is 0 Å². The normalized spacial score (nSPS) is 50.1. The number of rotatable bonds is 2. The molecule has 4 aliphatic rings. The number of carbonyl (C=O) groups excluding carboxylic acids is 1. The summed E-state index contributed by atoms with van der Waals surface area (Å²) in [5.74, 6) is 2.27. The Morgan fingerprint density at radius 1 is 1.25 bits per heavy atom. The van der Waals surface area contributed by atoms with Crippen molar-refractivity contribution in [3.8, 4) is 0 Å². The molecule has 3 fully saturated rings. The Labute approximate surface area is 145 Å². The molecule has 3 nitrogen and oxygen atoms in total. The van der Waals surface area contributed by atoms with Gasteiger partial charge in [0.25, 0.3) is 0 Å². The molecule has 0 heterocycles. The molecule has 0 saturated heterocycles. The predicted molar refractivity (Wildman–Crippen MR) is 93.4 cm³/mol. The zero-order valence-corrected chi connectivity index (χ0v) is 15.1. The summed E-state index contributed by atoms with van der Waals surface area (Å²) in [5.41, 5.74) is 1.36. The summed E-state index contributed by atoms with van der Waals surface area (Å²) >= 11 is 0. The summed E-state index contributed by atoms with van der Waals surface area (Å²) < 4.78 is 5.52. The van der Waals surface area contributed by atoms with Gasteiger partial charge in [-0.05, 0) is 67.4 Å². The van der Waals surface area contributed by atoms with Gasteiger partial charge in [-0.25, -0.2) is 0 Å². The Morgan fingerprint density at radius 2 is 2.04 bits per heavy atom. The van der Waals surface area contributed by atoms with E-state index >= 15 is 0 Å². The summed E-state index contributed by atoms with van der Waals surface area (Å²) in [5, 5.41) is 10.6. The zero-order valence-electron chi connectivity index (χ0n) is 15.1. The van der Waals surface area contributed by atoms with Crippen molar-refractivity contribution in [3.63, 3.8) is 0 Å². The Bertz CT molecular complexity index is 606. The summed E-state index contributed by atoms with van der Waals surface area (Å²) in [6.07, 6.45) is 11.2. The zero-order chi connectivity index (χ0) is 17.1. The quantitative estimate of drug-likeness (QED) is 0.842. The fourth-order valence-corrected chi connectivity index (χ4v) is 6.75. The van der Waals surface area contributed by atoms with E-state index < -0.39 is 0 Å². The van der Waals surface area contributed by atoms with Gasteiger partial charge in [-0.1, -0.05) is 25.5 Å². The average Bonchev–Trinajstić information content (AvgIpc) is 2.85. The van der Waals surface area contributed by atoms with Crippen LogP contribution in [0.25, 0.3) is 0 Å². The van der Waals surface area contributed by atoms with Crippen LogP contribution in [0.2, 0.25) is 0 Å². The van der Waals surface area contributed by atoms with Gasteiger partial charge in [0.2, 0.25) is 0 Å². The summed E-state index contributed by atoms with van der Waals surface area (Å²) in [6, 6.07) is 0. The number of hydrogen-bond donors (Lipinski definition) is 1. The van der Waals surface area contributed by atoms with Crippen LogP contribution in [0, 0.1) is 34.5 Å². The number of ether oxygens (including phenoxy) is 1. The third kappa shape index (κ3) is 2.13. The fraction of sp³-hybridized carbons (Fsp3) is 0.762. The maximum absolute atomic E-state index is 12.0. The van der Waals surface area contributed by atoms with E-state index in [0.717, 1.165) is 32.1 Å². The van der Waals surface area contributed by atoms with Crippen molar-refractivity contribution in [2.45, 2.75) is 52.1 Å². The Hall–Kier alpha value is -0.930. The Kier molecular flexibility index (Phi) is 3.81. The van der Waals surface area contributed by atoms with Crippen LogP contribution >= 0.6 is 0 Å². The molecule has 0 aromatic carbocycles. The van der Waals surface area contributed by atoms with Gasteiger partial charge in [0, 0.05) is 18.4 Å². The SMILES string of the molecule is COC[C@@H]1C[C@@H]2[C@H](CC[C@]3(C)C(O)CC[C@@H]23)[C@@]2(C)C=CC(=O)C=C12. The predicted octanol–water partition coefficient (Wildman–Crippen LogP) is 3.53. The molecule has 132 valence electrons. The molecule has 3 heteroatoms. The van der Waals surface area contributed by atoms with Crippen LogP contribution < -0.4 is 0 Å². The molecule has 0 aliphatic heterocycles. The highest BCUT2D eigenvalue weighted by molar-refractivity contribution is 6.01. The van der Waals surface area contributed by atoms with E-state index in [1.807, 2.05) is 6.08 Å². The van der Waals surface area contributed by atoms with E-state index in [9.17, 15) is 9.90 Å². The van der Waals surface area contributed by atoms with Crippen LogP contribution in [0.5, 0.6) is 0 Å². The third-order valence-electron chi connectivity index (χ3n) is 8.04. The highest BCUT2D eigenvalue weighted by Crippen LogP contribution is 2.65. The van der Waals surface area contributed by atoms with Crippen LogP contribution in [0.15, 0.2) is 23.8 Å². The smallest absolute Gasteiger partial charge is 0.178 e. The van der Waals surface area contributed by atoms with Crippen molar-refractivity contribution in [2.75, 3.05) is 13.7 Å². The summed E-state index contributed by atoms with van der Waals surface area (Å²) in [6.45, 7) is 5.33. The van der Waals surface area contributed by atoms with E-state index in [1.54, 1.807) is 13.2 Å². The van der Waals surface area contributed by atoms with Crippen molar-refractivity contribution in [3.05, 3.63) is 23.8 Å². The number of aliphatic hydroxyl groups excluding tert-OH is 1. The third-order valence-corrected chi connectivity index (χ3v) is 8.04. The number of aliphatic hydroxyl groups is 1. The van der Waals surface area contributed by atoms with E-state index in [0.29, 0.717) is 30.3 Å². The standard InChI is InChI=1S/C21H30O3/c1-20-8-6-14(22)11-18(20)13(12-24-3)10-15-16-4-5-19(23)21(16,2)9-7-17(15)20/h6,8,11,13,15-17,19,23H,4-5,7,9-10,12H2,1-3H3/t13-,15-,16-,17-,19?,20+,21-/m0/s1. The first-order valence-electron chi connectivity index (χ1n) is 9.52. The van der Waals surface area contributed by atoms with Crippen LogP contribution in [0.4, 0.5) is 0 Å². The monoisotopic (exact) mass is 330 g/mol. The topological polar surface area (TPSA) is 46.5 Å². The fourth-order valence-electron chi connectivity index (χ4n) is 6.75. The maximum atomic E-state index is 12.0. The lowest BCUT2D eigenvalue weighted by atomic mass is 9.46. The second kappa shape index (κ2) is 5.54. The second-order valence-electron chi connectivity index (χ2n) is 9.02. The molecule has 4 rings (SSSR count). The largest absolute Gasteiger partial charge is 0.393 e. The average molecular weight is 330 g/mol. The first kappa shape index (κ1) is 16.5. The minimum atomic E-state index is -0.141. The molecule has 0 radical (unpaired) electrons. The number of hydrogen-bond acceptors (Lipinski definition) is 3. The van der Waals surface area contributed by atoms with Gasteiger partial charge in [0.1, 0.15) is 0 Å². The van der Waals surface area contributed by atoms with Gasteiger partial charge in [-0.3, -0.25) is 4.79 Å². The minimum Gasteiger partial charge on any atom is -0.393 e. The number of allylic oxidation sites excluding steroid dienone is 3. The highest BCUT2D eigenvalue weighted by Gasteiger charge is 2.59. The highest BCUT2D eigenvalue weighted by atomic mass is 16.5. The Morgan fingerprint density at radius 3 is 2.79 bits per heavy atom. The molecule has 0 spiro atoms. The van der Waals surface area contributed by atoms with Gasteiger partial charge in [0.05, 0.1) is 12.7 Å². The minimum absolute atomic E-state index is 0.0190. The van der Waals surface area contributed by atoms with Gasteiger partial charge in [-0.15, -0.1) is 0 Å². The molecule has 3 saturated carbocycles. The van der Waals surface area contributed by atoms with Crippen LogP contribution in [0.1, 0.15) is 46.0 Å². The molecular formula is C21H30O3. The molecule has 0 amide bonds. The number of fused-ring (bicyclic) bond motifs is 5. The first-order valence-corrected chi connectivity index (χ1v) is 9.52. The van der Waals surface area contributed by atoms with E-state index in [4.69, 9.17) is 4.74 Å². The molecule has 1 unspecified atom stereocenters. The summed E-state index contributed by atoms with van der Waals surface area (Å²) in [4.78, 5) is 12.0. The number of ketones is 1. The molecule has 0 bridgehead atoms. The molecule has 0 aromatic heterocycles. The van der Waals surface area contributed by atoms with Gasteiger partial charge in [0.15, 0.2) is 5.78 Å². The summed E-state index contributed by atoms with van der Waals surface area (Å²) in [7, 11) is 1.76. The molecule has 0 aromatic rings. The lowest BCUT2D eigenvalue weighted by Crippen LogP contribution is -2.52. The second-order valence-corrected chi connectivity index (χ2v) is 9.02. The van der Waals surface area contributed by atoms with Crippen molar-refractivity contribution in [1.82, 2.24) is 0 Å². The molecule has 24 heavy (non-hydrogen) atoms. The van der Waals surface area contributed by atoms with Gasteiger partial charge in [-0.2, -0.15) is 0 Å². The van der Waals surface area contributed by atoms with Crippen molar-refractivity contribution in [2.24, 2.45) is 34.5 Å².